The van der Waals surface area contributed by atoms with E-state index in [9.17, 15) is 0 Å². The van der Waals surface area contributed by atoms with Crippen molar-refractivity contribution < 1.29 is 0 Å². The predicted octanol–water partition coefficient (Wildman–Crippen LogP) is 3.71. The Kier molecular flexibility index (Phi) is 2.76. The number of rotatable bonds is 2. The summed E-state index contributed by atoms with van der Waals surface area (Å²) in [4.78, 5) is 4.29. The van der Waals surface area contributed by atoms with Crippen molar-refractivity contribution >= 4 is 27.3 Å². The van der Waals surface area contributed by atoms with Gasteiger partial charge < -0.3 is 0 Å². The Labute approximate surface area is 89.6 Å². The molecule has 0 amide bonds. The fourth-order valence-corrected chi connectivity index (χ4v) is 2.39. The first kappa shape index (κ1) is 8.91. The highest BCUT2D eigenvalue weighted by Crippen LogP contribution is 2.26. The lowest BCUT2D eigenvalue weighted by Crippen LogP contribution is -1.83. The van der Waals surface area contributed by atoms with Crippen LogP contribution in [-0.2, 0) is 5.33 Å². The Morgan fingerprint density at radius 1 is 1.31 bits per heavy atom. The summed E-state index contributed by atoms with van der Waals surface area (Å²) in [6.45, 7) is 0. The van der Waals surface area contributed by atoms with E-state index in [-0.39, 0.29) is 0 Å². The number of hydrogen-bond acceptors (Lipinski definition) is 2. The van der Waals surface area contributed by atoms with Gasteiger partial charge in [0.05, 0.1) is 0 Å². The molecular weight excluding hydrogens is 246 g/mol. The molecule has 0 atom stereocenters. The molecular formula is C10H8BrNS. The minimum absolute atomic E-state index is 0.878. The van der Waals surface area contributed by atoms with Gasteiger partial charge in [0.15, 0.2) is 0 Å². The topological polar surface area (TPSA) is 12.9 Å². The van der Waals surface area contributed by atoms with Gasteiger partial charge in [0.1, 0.15) is 5.01 Å². The molecule has 1 heterocycles. The van der Waals surface area contributed by atoms with Crippen LogP contribution in [-0.4, -0.2) is 4.98 Å². The van der Waals surface area contributed by atoms with Crippen LogP contribution in [0, 0.1) is 0 Å². The molecule has 1 aromatic carbocycles. The van der Waals surface area contributed by atoms with Crippen LogP contribution in [0.2, 0.25) is 0 Å². The summed E-state index contributed by atoms with van der Waals surface area (Å²) in [7, 11) is 0. The number of nitrogens with zero attached hydrogens (tertiary/aromatic N) is 1. The first-order chi connectivity index (χ1) is 6.42. The molecule has 2 aromatic rings. The van der Waals surface area contributed by atoms with Crippen molar-refractivity contribution in [3.05, 3.63) is 41.4 Å². The number of hydrogen-bond donors (Lipinski definition) is 0. The summed E-state index contributed by atoms with van der Waals surface area (Å²) in [5.41, 5.74) is 2.52. The minimum atomic E-state index is 0.878. The van der Waals surface area contributed by atoms with Gasteiger partial charge in [-0.15, -0.1) is 11.3 Å². The van der Waals surface area contributed by atoms with Crippen LogP contribution < -0.4 is 0 Å². The molecule has 0 aliphatic heterocycles. The Morgan fingerprint density at radius 3 is 2.85 bits per heavy atom. The van der Waals surface area contributed by atoms with E-state index >= 15 is 0 Å². The monoisotopic (exact) mass is 253 g/mol. The van der Waals surface area contributed by atoms with Crippen molar-refractivity contribution in [2.75, 3.05) is 0 Å². The summed E-state index contributed by atoms with van der Waals surface area (Å²) >= 11 is 5.14. The minimum Gasteiger partial charge on any atom is -0.245 e. The lowest BCUT2D eigenvalue weighted by Gasteiger charge is -2.02. The van der Waals surface area contributed by atoms with Crippen molar-refractivity contribution in [3.63, 3.8) is 0 Å². The second-order valence-corrected chi connectivity index (χ2v) is 4.08. The average Bonchev–Trinajstić information content (AvgIpc) is 2.70. The van der Waals surface area contributed by atoms with Crippen LogP contribution in [0.15, 0.2) is 35.8 Å². The van der Waals surface area contributed by atoms with Gasteiger partial charge in [-0.25, -0.2) is 4.98 Å². The molecule has 1 nitrogen and oxygen atoms in total. The molecule has 13 heavy (non-hydrogen) atoms. The Morgan fingerprint density at radius 2 is 2.15 bits per heavy atom. The zero-order chi connectivity index (χ0) is 9.10. The third kappa shape index (κ3) is 1.81. The van der Waals surface area contributed by atoms with Gasteiger partial charge in [0, 0.05) is 22.5 Å². The van der Waals surface area contributed by atoms with Crippen LogP contribution in [0.5, 0.6) is 0 Å². The van der Waals surface area contributed by atoms with Gasteiger partial charge in [-0.2, -0.15) is 0 Å². The number of benzene rings is 1. The van der Waals surface area contributed by atoms with E-state index < -0.39 is 0 Å². The second kappa shape index (κ2) is 4.03. The lowest BCUT2D eigenvalue weighted by atomic mass is 10.1. The fraction of sp³-hybridized carbons (Fsp3) is 0.100. The quantitative estimate of drug-likeness (QED) is 0.744. The van der Waals surface area contributed by atoms with Crippen molar-refractivity contribution in [2.45, 2.75) is 5.33 Å². The molecule has 3 heteroatoms. The van der Waals surface area contributed by atoms with Crippen molar-refractivity contribution in [2.24, 2.45) is 0 Å². The molecule has 0 saturated carbocycles. The maximum Gasteiger partial charge on any atom is 0.123 e. The zero-order valence-electron chi connectivity index (χ0n) is 6.90. The molecule has 0 fully saturated rings. The predicted molar refractivity (Wildman–Crippen MR) is 60.2 cm³/mol. The smallest absolute Gasteiger partial charge is 0.123 e. The van der Waals surface area contributed by atoms with E-state index in [0.717, 1.165) is 10.3 Å². The molecule has 0 aliphatic rings. The summed E-state index contributed by atoms with van der Waals surface area (Å²) in [6, 6.07) is 8.32. The molecule has 0 spiro atoms. The molecule has 0 unspecified atom stereocenters. The molecule has 0 radical (unpaired) electrons. The van der Waals surface area contributed by atoms with Crippen molar-refractivity contribution in [1.29, 1.82) is 0 Å². The molecule has 0 bridgehead atoms. The van der Waals surface area contributed by atoms with Crippen LogP contribution in [0.4, 0.5) is 0 Å². The first-order valence-electron chi connectivity index (χ1n) is 3.95. The first-order valence-corrected chi connectivity index (χ1v) is 5.95. The maximum absolute atomic E-state index is 4.29. The third-order valence-corrected chi connectivity index (χ3v) is 3.23. The van der Waals surface area contributed by atoms with E-state index in [1.807, 2.05) is 23.7 Å². The fourth-order valence-electron chi connectivity index (χ4n) is 1.20. The van der Waals surface area contributed by atoms with Crippen LogP contribution >= 0.6 is 27.3 Å². The van der Waals surface area contributed by atoms with Crippen molar-refractivity contribution in [1.82, 2.24) is 4.98 Å². The molecule has 0 saturated heterocycles. The number of halogens is 1. The standard InChI is InChI=1S/C10H8BrNS/c11-7-8-3-1-2-4-9(8)10-12-5-6-13-10/h1-6H,7H2. The number of aromatic nitrogens is 1. The molecule has 66 valence electrons. The van der Waals surface area contributed by atoms with E-state index in [1.54, 1.807) is 11.3 Å². The van der Waals surface area contributed by atoms with E-state index in [4.69, 9.17) is 0 Å². The highest BCUT2D eigenvalue weighted by molar-refractivity contribution is 9.08. The number of alkyl halides is 1. The van der Waals surface area contributed by atoms with Gasteiger partial charge in [-0.1, -0.05) is 40.2 Å². The van der Waals surface area contributed by atoms with Crippen molar-refractivity contribution in [3.8, 4) is 10.6 Å². The van der Waals surface area contributed by atoms with Gasteiger partial charge in [-0.05, 0) is 5.56 Å². The van der Waals surface area contributed by atoms with Gasteiger partial charge in [0.2, 0.25) is 0 Å². The van der Waals surface area contributed by atoms with E-state index in [1.165, 1.54) is 11.1 Å². The molecule has 2 rings (SSSR count). The maximum atomic E-state index is 4.29. The SMILES string of the molecule is BrCc1ccccc1-c1nccs1. The molecule has 0 N–H and O–H groups in total. The average molecular weight is 254 g/mol. The summed E-state index contributed by atoms with van der Waals surface area (Å²) in [6.07, 6.45) is 1.84. The zero-order valence-corrected chi connectivity index (χ0v) is 9.31. The normalized spacial score (nSPS) is 10.2. The van der Waals surface area contributed by atoms with Gasteiger partial charge in [0.25, 0.3) is 0 Å². The molecule has 0 aliphatic carbocycles. The third-order valence-electron chi connectivity index (χ3n) is 1.82. The number of thiazole rings is 1. The van der Waals surface area contributed by atoms with Crippen LogP contribution in [0.3, 0.4) is 0 Å². The van der Waals surface area contributed by atoms with E-state index in [2.05, 4.69) is 33.0 Å². The Hall–Kier alpha value is -0.670. The highest BCUT2D eigenvalue weighted by atomic mass is 79.9. The summed E-state index contributed by atoms with van der Waals surface area (Å²) < 4.78 is 0. The Bertz CT molecular complexity index is 384. The second-order valence-electron chi connectivity index (χ2n) is 2.63. The largest absolute Gasteiger partial charge is 0.245 e. The lowest BCUT2D eigenvalue weighted by molar-refractivity contribution is 1.37. The summed E-state index contributed by atoms with van der Waals surface area (Å²) in [5, 5.41) is 3.97. The van der Waals surface area contributed by atoms with Gasteiger partial charge >= 0.3 is 0 Å². The van der Waals surface area contributed by atoms with Crippen LogP contribution in [0.25, 0.3) is 10.6 Å². The van der Waals surface area contributed by atoms with Crippen LogP contribution in [0.1, 0.15) is 5.56 Å². The van der Waals surface area contributed by atoms with E-state index in [0.29, 0.717) is 0 Å². The molecule has 1 aromatic heterocycles. The highest BCUT2D eigenvalue weighted by Gasteiger charge is 2.04. The Balaban J connectivity index is 2.51. The van der Waals surface area contributed by atoms with Gasteiger partial charge in [-0.3, -0.25) is 0 Å². The summed E-state index contributed by atoms with van der Waals surface area (Å²) in [5.74, 6) is 0.